The van der Waals surface area contributed by atoms with E-state index in [1.54, 1.807) is 55.5 Å². The van der Waals surface area contributed by atoms with Gasteiger partial charge in [-0.1, -0.05) is 32.0 Å². The second-order valence-corrected chi connectivity index (χ2v) is 8.83. The number of rotatable bonds is 10. The van der Waals surface area contributed by atoms with Gasteiger partial charge in [0.15, 0.2) is 0 Å². The Morgan fingerprint density at radius 3 is 2.42 bits per heavy atom. The molecule has 0 saturated carbocycles. The first-order valence-electron chi connectivity index (χ1n) is 10.0. The molecule has 2 amide bonds. The first-order chi connectivity index (χ1) is 14.7. The molecule has 2 aromatic rings. The van der Waals surface area contributed by atoms with Crippen molar-refractivity contribution in [3.63, 3.8) is 0 Å². The molecule has 0 fully saturated rings. The Hall–Kier alpha value is -3.07. The summed E-state index contributed by atoms with van der Waals surface area (Å²) in [6.07, 6.45) is 2.05. The van der Waals surface area contributed by atoms with E-state index in [1.807, 2.05) is 6.92 Å². The lowest BCUT2D eigenvalue weighted by Gasteiger charge is -2.30. The number of anilines is 2. The van der Waals surface area contributed by atoms with Crippen LogP contribution in [0.2, 0.25) is 0 Å². The summed E-state index contributed by atoms with van der Waals surface area (Å²) in [6, 6.07) is 12.1. The summed E-state index contributed by atoms with van der Waals surface area (Å²) in [7, 11) is -2.31. The number of sulfonamides is 1. The molecule has 168 valence electrons. The zero-order valence-electron chi connectivity index (χ0n) is 18.2. The topological polar surface area (TPSA) is 105 Å². The van der Waals surface area contributed by atoms with Crippen LogP contribution < -0.4 is 19.7 Å². The standard InChI is InChI=1S/C22H29N3O5S/c1-5-14-23-21(26)18-12-7-8-13-19(18)24-22(27)20(6-2)25(31(4,28)29)16-10-9-11-17(15-16)30-3/h7-13,15,20H,5-6,14H2,1-4H3,(H,23,26)(H,24,27). The van der Waals surface area contributed by atoms with Crippen LogP contribution in [-0.4, -0.2) is 46.2 Å². The van der Waals surface area contributed by atoms with E-state index in [2.05, 4.69) is 10.6 Å². The van der Waals surface area contributed by atoms with E-state index in [0.29, 0.717) is 29.2 Å². The van der Waals surface area contributed by atoms with Gasteiger partial charge >= 0.3 is 0 Å². The number of ether oxygens (including phenoxy) is 1. The number of methoxy groups -OCH3 is 1. The highest BCUT2D eigenvalue weighted by atomic mass is 32.2. The number of nitrogens with one attached hydrogen (secondary N) is 2. The second-order valence-electron chi connectivity index (χ2n) is 6.98. The van der Waals surface area contributed by atoms with Crippen LogP contribution in [0.1, 0.15) is 37.0 Å². The SMILES string of the molecule is CCCNC(=O)c1ccccc1NC(=O)C(CC)N(c1cccc(OC)c1)S(C)(=O)=O. The number of benzene rings is 2. The van der Waals surface area contributed by atoms with Crippen molar-refractivity contribution in [2.24, 2.45) is 0 Å². The first-order valence-corrected chi connectivity index (χ1v) is 11.9. The summed E-state index contributed by atoms with van der Waals surface area (Å²) in [4.78, 5) is 25.6. The molecule has 31 heavy (non-hydrogen) atoms. The second kappa shape index (κ2) is 10.8. The van der Waals surface area contributed by atoms with Gasteiger partial charge in [-0.25, -0.2) is 8.42 Å². The number of hydrogen-bond donors (Lipinski definition) is 2. The van der Waals surface area contributed by atoms with Gasteiger partial charge in [-0.3, -0.25) is 13.9 Å². The quantitative estimate of drug-likeness (QED) is 0.583. The van der Waals surface area contributed by atoms with E-state index < -0.39 is 22.0 Å². The van der Waals surface area contributed by atoms with Crippen LogP contribution in [0.5, 0.6) is 5.75 Å². The Morgan fingerprint density at radius 2 is 1.81 bits per heavy atom. The van der Waals surface area contributed by atoms with Gasteiger partial charge in [-0.2, -0.15) is 0 Å². The molecule has 0 spiro atoms. The molecule has 8 nitrogen and oxygen atoms in total. The number of amides is 2. The minimum absolute atomic E-state index is 0.223. The van der Waals surface area contributed by atoms with Gasteiger partial charge in [0.05, 0.1) is 30.3 Å². The number of carbonyl (C=O) groups is 2. The Morgan fingerprint density at radius 1 is 1.10 bits per heavy atom. The molecule has 2 aromatic carbocycles. The molecular formula is C22H29N3O5S. The number of para-hydroxylation sites is 1. The third kappa shape index (κ3) is 6.21. The molecule has 0 radical (unpaired) electrons. The van der Waals surface area contributed by atoms with E-state index in [1.165, 1.54) is 7.11 Å². The Labute approximate surface area is 183 Å². The molecule has 0 heterocycles. The molecule has 0 saturated heterocycles. The summed E-state index contributed by atoms with van der Waals surface area (Å²) in [6.45, 7) is 4.18. The van der Waals surface area contributed by atoms with E-state index >= 15 is 0 Å². The molecule has 9 heteroatoms. The van der Waals surface area contributed by atoms with Crippen molar-refractivity contribution in [2.75, 3.05) is 29.5 Å². The van der Waals surface area contributed by atoms with Crippen molar-refractivity contribution in [3.05, 3.63) is 54.1 Å². The fourth-order valence-corrected chi connectivity index (χ4v) is 4.35. The average molecular weight is 448 g/mol. The van der Waals surface area contributed by atoms with Gasteiger partial charge in [-0.15, -0.1) is 0 Å². The molecule has 0 aliphatic heterocycles. The lowest BCUT2D eigenvalue weighted by atomic mass is 10.1. The van der Waals surface area contributed by atoms with Crippen LogP contribution in [0.25, 0.3) is 0 Å². The lowest BCUT2D eigenvalue weighted by molar-refractivity contribution is -0.117. The zero-order valence-corrected chi connectivity index (χ0v) is 19.0. The van der Waals surface area contributed by atoms with Gasteiger partial charge in [0.25, 0.3) is 5.91 Å². The summed E-state index contributed by atoms with van der Waals surface area (Å²) in [5.41, 5.74) is 0.947. The Balaban J connectivity index is 2.38. The lowest BCUT2D eigenvalue weighted by Crippen LogP contribution is -2.47. The third-order valence-electron chi connectivity index (χ3n) is 4.60. The minimum atomic E-state index is -3.79. The maximum Gasteiger partial charge on any atom is 0.253 e. The van der Waals surface area contributed by atoms with Gasteiger partial charge in [-0.05, 0) is 37.1 Å². The van der Waals surface area contributed by atoms with Gasteiger partial charge < -0.3 is 15.4 Å². The molecule has 2 rings (SSSR count). The van der Waals surface area contributed by atoms with Crippen LogP contribution in [0.15, 0.2) is 48.5 Å². The van der Waals surface area contributed by atoms with E-state index in [9.17, 15) is 18.0 Å². The van der Waals surface area contributed by atoms with Gasteiger partial charge in [0.1, 0.15) is 11.8 Å². The van der Waals surface area contributed by atoms with Crippen LogP contribution in [0.4, 0.5) is 11.4 Å². The molecule has 0 aliphatic rings. The number of nitrogens with zero attached hydrogens (tertiary/aromatic N) is 1. The van der Waals surface area contributed by atoms with Crippen LogP contribution in [0, 0.1) is 0 Å². The predicted octanol–water partition coefficient (Wildman–Crippen LogP) is 3.02. The number of hydrogen-bond acceptors (Lipinski definition) is 5. The highest BCUT2D eigenvalue weighted by Gasteiger charge is 2.32. The predicted molar refractivity (Wildman–Crippen MR) is 122 cm³/mol. The van der Waals surface area contributed by atoms with E-state index in [4.69, 9.17) is 4.74 Å². The highest BCUT2D eigenvalue weighted by Crippen LogP contribution is 2.27. The monoisotopic (exact) mass is 447 g/mol. The smallest absolute Gasteiger partial charge is 0.253 e. The summed E-state index contributed by atoms with van der Waals surface area (Å²) in [5.74, 6) is -0.371. The number of carbonyl (C=O) groups excluding carboxylic acids is 2. The highest BCUT2D eigenvalue weighted by molar-refractivity contribution is 7.92. The van der Waals surface area contributed by atoms with Gasteiger partial charge in [0, 0.05) is 12.6 Å². The van der Waals surface area contributed by atoms with Crippen molar-refractivity contribution in [1.82, 2.24) is 5.32 Å². The van der Waals surface area contributed by atoms with Crippen molar-refractivity contribution < 1.29 is 22.7 Å². The van der Waals surface area contributed by atoms with Crippen LogP contribution >= 0.6 is 0 Å². The van der Waals surface area contributed by atoms with Crippen molar-refractivity contribution >= 4 is 33.2 Å². The molecular weight excluding hydrogens is 418 g/mol. The van der Waals surface area contributed by atoms with E-state index in [-0.39, 0.29) is 12.3 Å². The minimum Gasteiger partial charge on any atom is -0.497 e. The normalized spacial score (nSPS) is 12.0. The maximum absolute atomic E-state index is 13.2. The first kappa shape index (κ1) is 24.2. The Bertz CT molecular complexity index is 1020. The largest absolute Gasteiger partial charge is 0.497 e. The summed E-state index contributed by atoms with van der Waals surface area (Å²) < 4.78 is 31.5. The van der Waals surface area contributed by atoms with Crippen LogP contribution in [0.3, 0.4) is 0 Å². The molecule has 1 atom stereocenters. The fourth-order valence-electron chi connectivity index (χ4n) is 3.15. The fraction of sp³-hybridized carbons (Fsp3) is 0.364. The molecule has 0 aliphatic carbocycles. The summed E-state index contributed by atoms with van der Waals surface area (Å²) >= 11 is 0. The molecule has 0 aromatic heterocycles. The van der Waals surface area contributed by atoms with Crippen molar-refractivity contribution in [3.8, 4) is 5.75 Å². The van der Waals surface area contributed by atoms with Gasteiger partial charge in [0.2, 0.25) is 15.9 Å². The zero-order chi connectivity index (χ0) is 23.0. The third-order valence-corrected chi connectivity index (χ3v) is 5.78. The summed E-state index contributed by atoms with van der Waals surface area (Å²) in [5, 5.41) is 5.51. The maximum atomic E-state index is 13.2. The molecule has 0 bridgehead atoms. The molecule has 1 unspecified atom stereocenters. The van der Waals surface area contributed by atoms with E-state index in [0.717, 1.165) is 17.0 Å². The average Bonchev–Trinajstić information content (AvgIpc) is 2.75. The molecule has 2 N–H and O–H groups in total. The van der Waals surface area contributed by atoms with Crippen molar-refractivity contribution in [1.29, 1.82) is 0 Å². The Kier molecular flexibility index (Phi) is 8.44. The van der Waals surface area contributed by atoms with Crippen LogP contribution in [-0.2, 0) is 14.8 Å². The van der Waals surface area contributed by atoms with Crippen molar-refractivity contribution in [2.45, 2.75) is 32.7 Å².